The quantitative estimate of drug-likeness (QED) is 0.631. The van der Waals surface area contributed by atoms with E-state index in [4.69, 9.17) is 4.74 Å². The molecule has 8 heteroatoms. The molecule has 0 radical (unpaired) electrons. The Hall–Kier alpha value is -3.26. The van der Waals surface area contributed by atoms with E-state index in [2.05, 4.69) is 5.32 Å². The van der Waals surface area contributed by atoms with Crippen LogP contribution in [-0.4, -0.2) is 37.0 Å². The predicted molar refractivity (Wildman–Crippen MR) is 105 cm³/mol. The van der Waals surface area contributed by atoms with Gasteiger partial charge in [-0.3, -0.25) is 19.7 Å². The Bertz CT molecular complexity index is 941. The molecule has 0 saturated heterocycles. The third-order valence-corrected chi connectivity index (χ3v) is 4.69. The molecule has 8 nitrogen and oxygen atoms in total. The van der Waals surface area contributed by atoms with Crippen LogP contribution in [0.5, 0.6) is 0 Å². The molecule has 2 aromatic carbocycles. The average molecular weight is 383 g/mol. The number of aryl methyl sites for hydroxylation is 2. The maximum atomic E-state index is 12.5. The Morgan fingerprint density at radius 1 is 1.25 bits per heavy atom. The number of ether oxygens (including phenoxy) is 1. The summed E-state index contributed by atoms with van der Waals surface area (Å²) in [5.41, 5.74) is 2.97. The highest BCUT2D eigenvalue weighted by molar-refractivity contribution is 6.05. The van der Waals surface area contributed by atoms with Crippen LogP contribution >= 0.6 is 0 Å². The van der Waals surface area contributed by atoms with Gasteiger partial charge in [-0.15, -0.1) is 0 Å². The second-order valence-electron chi connectivity index (χ2n) is 6.64. The molecular weight excluding hydrogens is 362 g/mol. The lowest BCUT2D eigenvalue weighted by Gasteiger charge is -2.29. The molecule has 0 spiro atoms. The van der Waals surface area contributed by atoms with Crippen molar-refractivity contribution < 1.29 is 19.2 Å². The number of rotatable bonds is 5. The molecule has 2 amide bonds. The number of methoxy groups -OCH3 is 1. The standard InChI is InChI=1S/C20H21N3O5/c1-13-5-6-15(11-18(13)23(26)27)20(25)21-16-7-8-17-14(10-16)4-3-9-22(17)19(24)12-28-2/h5-8,10-11H,3-4,9,12H2,1-2H3,(H,21,25). The number of nitrogens with one attached hydrogen (secondary N) is 1. The van der Waals surface area contributed by atoms with E-state index in [1.165, 1.54) is 13.2 Å². The number of hydrogen-bond donors (Lipinski definition) is 1. The minimum atomic E-state index is -0.503. The van der Waals surface area contributed by atoms with Crippen LogP contribution in [0.3, 0.4) is 0 Å². The summed E-state index contributed by atoms with van der Waals surface area (Å²) in [4.78, 5) is 37.0. The highest BCUT2D eigenvalue weighted by atomic mass is 16.6. The molecule has 0 bridgehead atoms. The van der Waals surface area contributed by atoms with Crippen LogP contribution in [0.15, 0.2) is 36.4 Å². The summed E-state index contributed by atoms with van der Waals surface area (Å²) in [5, 5.41) is 13.9. The first-order valence-electron chi connectivity index (χ1n) is 8.89. The van der Waals surface area contributed by atoms with Crippen molar-refractivity contribution in [2.75, 3.05) is 30.5 Å². The predicted octanol–water partition coefficient (Wildman–Crippen LogP) is 3.08. The van der Waals surface area contributed by atoms with Crippen LogP contribution in [-0.2, 0) is 16.0 Å². The molecule has 1 N–H and O–H groups in total. The number of carbonyl (C=O) groups excluding carboxylic acids is 2. The number of benzene rings is 2. The average Bonchev–Trinajstić information content (AvgIpc) is 2.67. The molecule has 28 heavy (non-hydrogen) atoms. The highest BCUT2D eigenvalue weighted by Gasteiger charge is 2.23. The van der Waals surface area contributed by atoms with Crippen LogP contribution in [0.25, 0.3) is 0 Å². The molecule has 3 rings (SSSR count). The first kappa shape index (κ1) is 19.5. The van der Waals surface area contributed by atoms with E-state index in [1.807, 2.05) is 6.07 Å². The Kier molecular flexibility index (Phi) is 5.70. The summed E-state index contributed by atoms with van der Waals surface area (Å²) in [6.45, 7) is 2.28. The number of nitro benzene ring substituents is 1. The molecular formula is C20H21N3O5. The summed E-state index contributed by atoms with van der Waals surface area (Å²) < 4.78 is 4.94. The fourth-order valence-electron chi connectivity index (χ4n) is 3.29. The van der Waals surface area contributed by atoms with Crippen LogP contribution in [0.4, 0.5) is 17.1 Å². The van der Waals surface area contributed by atoms with Crippen LogP contribution in [0, 0.1) is 17.0 Å². The monoisotopic (exact) mass is 383 g/mol. The Morgan fingerprint density at radius 2 is 2.04 bits per heavy atom. The minimum absolute atomic E-state index is 0.0180. The number of carbonyl (C=O) groups is 2. The SMILES string of the molecule is COCC(=O)N1CCCc2cc(NC(=O)c3ccc(C)c([N+](=O)[O-])c3)ccc21. The van der Waals surface area contributed by atoms with Crippen LogP contribution < -0.4 is 10.2 Å². The van der Waals surface area contributed by atoms with Gasteiger partial charge in [0, 0.05) is 42.2 Å². The van der Waals surface area contributed by atoms with E-state index in [-0.39, 0.29) is 23.8 Å². The number of fused-ring (bicyclic) bond motifs is 1. The fraction of sp³-hybridized carbons (Fsp3) is 0.300. The van der Waals surface area contributed by atoms with Gasteiger partial charge < -0.3 is 15.0 Å². The maximum absolute atomic E-state index is 12.5. The number of amides is 2. The van der Waals surface area contributed by atoms with Gasteiger partial charge in [-0.2, -0.15) is 0 Å². The smallest absolute Gasteiger partial charge is 0.273 e. The normalized spacial score (nSPS) is 13.0. The lowest BCUT2D eigenvalue weighted by atomic mass is 10.0. The maximum Gasteiger partial charge on any atom is 0.273 e. The zero-order chi connectivity index (χ0) is 20.3. The topological polar surface area (TPSA) is 102 Å². The first-order chi connectivity index (χ1) is 13.4. The second kappa shape index (κ2) is 8.18. The van der Waals surface area contributed by atoms with Crippen LogP contribution in [0.1, 0.15) is 27.9 Å². The first-order valence-corrected chi connectivity index (χ1v) is 8.89. The third-order valence-electron chi connectivity index (χ3n) is 4.69. The summed E-state index contributed by atoms with van der Waals surface area (Å²) >= 11 is 0. The Balaban J connectivity index is 1.81. The van der Waals surface area contributed by atoms with Crippen molar-refractivity contribution in [3.05, 3.63) is 63.2 Å². The molecule has 0 aromatic heterocycles. The van der Waals surface area contributed by atoms with Gasteiger partial charge in [-0.1, -0.05) is 6.07 Å². The van der Waals surface area contributed by atoms with E-state index in [0.717, 1.165) is 24.1 Å². The van der Waals surface area contributed by atoms with Gasteiger partial charge in [-0.05, 0) is 49.6 Å². The molecule has 146 valence electrons. The molecule has 0 aliphatic carbocycles. The van der Waals surface area contributed by atoms with E-state index in [9.17, 15) is 19.7 Å². The lowest BCUT2D eigenvalue weighted by Crippen LogP contribution is -2.37. The number of hydrogen-bond acceptors (Lipinski definition) is 5. The third kappa shape index (κ3) is 4.01. The molecule has 1 aliphatic rings. The van der Waals surface area contributed by atoms with E-state index in [0.29, 0.717) is 17.8 Å². The van der Waals surface area contributed by atoms with E-state index < -0.39 is 10.8 Å². The summed E-state index contributed by atoms with van der Waals surface area (Å²) in [6, 6.07) is 9.74. The fourth-order valence-corrected chi connectivity index (χ4v) is 3.29. The van der Waals surface area contributed by atoms with Gasteiger partial charge in [0.2, 0.25) is 0 Å². The van der Waals surface area contributed by atoms with Gasteiger partial charge in [0.05, 0.1) is 4.92 Å². The molecule has 0 saturated carbocycles. The molecule has 2 aromatic rings. The largest absolute Gasteiger partial charge is 0.375 e. The van der Waals surface area contributed by atoms with Crippen LogP contribution in [0.2, 0.25) is 0 Å². The second-order valence-corrected chi connectivity index (χ2v) is 6.64. The minimum Gasteiger partial charge on any atom is -0.375 e. The molecule has 0 fully saturated rings. The lowest BCUT2D eigenvalue weighted by molar-refractivity contribution is -0.385. The van der Waals surface area contributed by atoms with Gasteiger partial charge in [0.1, 0.15) is 6.61 Å². The molecule has 0 atom stereocenters. The number of nitro groups is 1. The van der Waals surface area contributed by atoms with Crippen molar-refractivity contribution in [3.8, 4) is 0 Å². The van der Waals surface area contributed by atoms with Crippen molar-refractivity contribution in [2.24, 2.45) is 0 Å². The van der Waals surface area contributed by atoms with Crippen molar-refractivity contribution >= 4 is 28.9 Å². The van der Waals surface area contributed by atoms with Gasteiger partial charge in [0.15, 0.2) is 0 Å². The summed E-state index contributed by atoms with van der Waals surface area (Å²) in [7, 11) is 1.48. The number of anilines is 2. The molecule has 1 heterocycles. The molecule has 0 unspecified atom stereocenters. The van der Waals surface area contributed by atoms with Crippen molar-refractivity contribution in [1.82, 2.24) is 0 Å². The van der Waals surface area contributed by atoms with Gasteiger partial charge in [0.25, 0.3) is 17.5 Å². The highest BCUT2D eigenvalue weighted by Crippen LogP contribution is 2.30. The zero-order valence-electron chi connectivity index (χ0n) is 15.7. The number of nitrogens with zero attached hydrogens (tertiary/aromatic N) is 2. The zero-order valence-corrected chi connectivity index (χ0v) is 15.7. The Morgan fingerprint density at radius 3 is 2.75 bits per heavy atom. The van der Waals surface area contributed by atoms with Crippen molar-refractivity contribution in [1.29, 1.82) is 0 Å². The Labute approximate surface area is 162 Å². The van der Waals surface area contributed by atoms with Gasteiger partial charge in [-0.25, -0.2) is 0 Å². The van der Waals surface area contributed by atoms with Crippen molar-refractivity contribution in [2.45, 2.75) is 19.8 Å². The van der Waals surface area contributed by atoms with Gasteiger partial charge >= 0.3 is 0 Å². The van der Waals surface area contributed by atoms with Crippen molar-refractivity contribution in [3.63, 3.8) is 0 Å². The van der Waals surface area contributed by atoms with E-state index in [1.54, 1.807) is 36.1 Å². The van der Waals surface area contributed by atoms with E-state index >= 15 is 0 Å². The summed E-state index contributed by atoms with van der Waals surface area (Å²) in [6.07, 6.45) is 1.62. The summed E-state index contributed by atoms with van der Waals surface area (Å²) in [5.74, 6) is -0.529. The molecule has 1 aliphatic heterocycles.